The van der Waals surface area contributed by atoms with Gasteiger partial charge in [-0.1, -0.05) is 33.6 Å². The van der Waals surface area contributed by atoms with Crippen LogP contribution >= 0.6 is 0 Å². The molecule has 0 spiro atoms. The van der Waals surface area contributed by atoms with Crippen molar-refractivity contribution in [3.63, 3.8) is 0 Å². The summed E-state index contributed by atoms with van der Waals surface area (Å²) in [5, 5.41) is 2.78. The van der Waals surface area contributed by atoms with Crippen LogP contribution in [0.25, 0.3) is 0 Å². The Morgan fingerprint density at radius 2 is 2.13 bits per heavy atom. The van der Waals surface area contributed by atoms with E-state index in [0.717, 1.165) is 19.4 Å². The lowest BCUT2D eigenvalue weighted by Crippen LogP contribution is -2.24. The number of aromatic nitrogens is 2. The van der Waals surface area contributed by atoms with Crippen molar-refractivity contribution in [3.8, 4) is 0 Å². The summed E-state index contributed by atoms with van der Waals surface area (Å²) >= 11 is 0. The Balaban J connectivity index is 0.000000583. The van der Waals surface area contributed by atoms with Crippen LogP contribution < -0.4 is 5.32 Å². The number of nitrogens with one attached hydrogen (secondary N) is 2. The molecule has 0 bridgehead atoms. The van der Waals surface area contributed by atoms with Crippen LogP contribution in [0.1, 0.15) is 50.5 Å². The summed E-state index contributed by atoms with van der Waals surface area (Å²) in [4.78, 5) is 17.7. The second kappa shape index (κ2) is 9.24. The molecule has 4 heteroatoms. The number of imidazole rings is 1. The second-order valence-corrected chi connectivity index (χ2v) is 3.28. The number of carbonyl (C=O) groups is 1. The highest BCUT2D eigenvalue weighted by Crippen LogP contribution is 1.90. The van der Waals surface area contributed by atoms with Gasteiger partial charge in [-0.3, -0.25) is 4.79 Å². The van der Waals surface area contributed by atoms with Gasteiger partial charge in [0.2, 0.25) is 0 Å². The van der Waals surface area contributed by atoms with Gasteiger partial charge in [0.15, 0.2) is 0 Å². The Morgan fingerprint density at radius 1 is 1.47 bits per heavy atom. The van der Waals surface area contributed by atoms with E-state index < -0.39 is 0 Å². The molecule has 1 aromatic heterocycles. The third-order valence-corrected chi connectivity index (χ3v) is 1.56. The Hall–Kier alpha value is -1.32. The van der Waals surface area contributed by atoms with Crippen LogP contribution in [0.5, 0.6) is 0 Å². The van der Waals surface area contributed by atoms with Crippen molar-refractivity contribution in [1.29, 1.82) is 0 Å². The van der Waals surface area contributed by atoms with Gasteiger partial charge in [-0.15, -0.1) is 0 Å². The predicted molar refractivity (Wildman–Crippen MR) is 61.8 cm³/mol. The molecule has 15 heavy (non-hydrogen) atoms. The maximum atomic E-state index is 11.2. The summed E-state index contributed by atoms with van der Waals surface area (Å²) in [6, 6.07) is 0. The van der Waals surface area contributed by atoms with E-state index in [4.69, 9.17) is 0 Å². The average Bonchev–Trinajstić information content (AvgIpc) is 2.72. The van der Waals surface area contributed by atoms with Gasteiger partial charge in [-0.05, 0) is 6.42 Å². The zero-order valence-electron chi connectivity index (χ0n) is 9.84. The van der Waals surface area contributed by atoms with Crippen molar-refractivity contribution in [3.05, 3.63) is 18.2 Å². The van der Waals surface area contributed by atoms with Crippen LogP contribution in [0, 0.1) is 0 Å². The van der Waals surface area contributed by atoms with Gasteiger partial charge >= 0.3 is 0 Å². The number of hydrogen-bond donors (Lipinski definition) is 2. The average molecular weight is 211 g/mol. The van der Waals surface area contributed by atoms with E-state index in [1.54, 1.807) is 0 Å². The molecule has 1 aromatic rings. The normalized spacial score (nSPS) is 9.00. The maximum Gasteiger partial charge on any atom is 0.269 e. The number of amides is 1. The zero-order chi connectivity index (χ0) is 11.5. The standard InChI is InChI=1S/C8H13N3O.C3H8/c1-2-3-4-10-8(12)7-5-9-6-11-7;1-3-2/h5-6H,2-4H2,1H3,(H,9,11)(H,10,12);3H2,1-2H3. The fourth-order valence-electron chi connectivity index (χ4n) is 0.854. The van der Waals surface area contributed by atoms with E-state index in [9.17, 15) is 4.79 Å². The quantitative estimate of drug-likeness (QED) is 0.751. The van der Waals surface area contributed by atoms with E-state index in [1.807, 2.05) is 0 Å². The topological polar surface area (TPSA) is 57.8 Å². The highest BCUT2D eigenvalue weighted by atomic mass is 16.1. The van der Waals surface area contributed by atoms with Gasteiger partial charge in [0, 0.05) is 6.54 Å². The van der Waals surface area contributed by atoms with Crippen LogP contribution in [0.15, 0.2) is 12.5 Å². The molecular weight excluding hydrogens is 190 g/mol. The molecule has 0 aliphatic rings. The lowest BCUT2D eigenvalue weighted by atomic mass is 10.3. The summed E-state index contributed by atoms with van der Waals surface area (Å²) in [6.07, 6.45) is 6.36. The monoisotopic (exact) mass is 211 g/mol. The molecule has 0 saturated heterocycles. The lowest BCUT2D eigenvalue weighted by Gasteiger charge is -2.00. The van der Waals surface area contributed by atoms with Crippen molar-refractivity contribution in [2.75, 3.05) is 6.54 Å². The van der Waals surface area contributed by atoms with E-state index in [-0.39, 0.29) is 5.91 Å². The third kappa shape index (κ3) is 6.71. The predicted octanol–water partition coefficient (Wildman–Crippen LogP) is 2.36. The molecular formula is C11H21N3O. The number of hydrogen-bond acceptors (Lipinski definition) is 2. The highest BCUT2D eigenvalue weighted by Gasteiger charge is 2.03. The number of aromatic amines is 1. The minimum absolute atomic E-state index is 0.0825. The molecule has 1 amide bonds. The molecule has 0 aliphatic carbocycles. The van der Waals surface area contributed by atoms with Gasteiger partial charge in [-0.25, -0.2) is 4.98 Å². The summed E-state index contributed by atoms with van der Waals surface area (Å²) in [7, 11) is 0. The van der Waals surface area contributed by atoms with Crippen LogP contribution in [0.4, 0.5) is 0 Å². The third-order valence-electron chi connectivity index (χ3n) is 1.56. The molecule has 0 atom stereocenters. The molecule has 1 heterocycles. The highest BCUT2D eigenvalue weighted by molar-refractivity contribution is 5.91. The number of rotatable bonds is 4. The van der Waals surface area contributed by atoms with Gasteiger partial charge in [0.05, 0.1) is 12.5 Å². The minimum Gasteiger partial charge on any atom is -0.351 e. The van der Waals surface area contributed by atoms with E-state index in [2.05, 4.69) is 36.1 Å². The Kier molecular flexibility index (Phi) is 8.43. The van der Waals surface area contributed by atoms with Gasteiger partial charge in [0.25, 0.3) is 5.91 Å². The molecule has 0 unspecified atom stereocenters. The van der Waals surface area contributed by atoms with Crippen LogP contribution in [0.2, 0.25) is 0 Å². The largest absolute Gasteiger partial charge is 0.351 e. The first-order chi connectivity index (χ1) is 7.26. The Labute approximate surface area is 91.5 Å². The molecule has 0 aromatic carbocycles. The van der Waals surface area contributed by atoms with Gasteiger partial charge in [-0.2, -0.15) is 0 Å². The van der Waals surface area contributed by atoms with Crippen LogP contribution in [-0.4, -0.2) is 22.4 Å². The SMILES string of the molecule is CCC.CCCCNC(=O)c1cnc[nH]1. The first-order valence-electron chi connectivity index (χ1n) is 5.52. The smallest absolute Gasteiger partial charge is 0.269 e. The molecule has 4 nitrogen and oxygen atoms in total. The molecule has 86 valence electrons. The van der Waals surface area contributed by atoms with Crippen molar-refractivity contribution in [2.24, 2.45) is 0 Å². The van der Waals surface area contributed by atoms with Crippen LogP contribution in [-0.2, 0) is 0 Å². The molecule has 2 N–H and O–H groups in total. The molecule has 0 fully saturated rings. The number of nitrogens with zero attached hydrogens (tertiary/aromatic N) is 1. The summed E-state index contributed by atoms with van der Waals surface area (Å²) in [5.41, 5.74) is 0.520. The van der Waals surface area contributed by atoms with E-state index in [1.165, 1.54) is 18.9 Å². The summed E-state index contributed by atoms with van der Waals surface area (Å²) < 4.78 is 0. The molecule has 1 rings (SSSR count). The molecule has 0 radical (unpaired) electrons. The second-order valence-electron chi connectivity index (χ2n) is 3.28. The van der Waals surface area contributed by atoms with Gasteiger partial charge in [0.1, 0.15) is 5.69 Å². The van der Waals surface area contributed by atoms with E-state index >= 15 is 0 Å². The lowest BCUT2D eigenvalue weighted by molar-refractivity contribution is 0.0948. The van der Waals surface area contributed by atoms with Crippen LogP contribution in [0.3, 0.4) is 0 Å². The summed E-state index contributed by atoms with van der Waals surface area (Å²) in [6.45, 7) is 7.07. The molecule has 0 aliphatic heterocycles. The maximum absolute atomic E-state index is 11.2. The van der Waals surface area contributed by atoms with E-state index in [0.29, 0.717) is 5.69 Å². The fraction of sp³-hybridized carbons (Fsp3) is 0.636. The Bertz CT molecular complexity index is 244. The first-order valence-corrected chi connectivity index (χ1v) is 5.52. The number of unbranched alkanes of at least 4 members (excludes halogenated alkanes) is 1. The number of H-pyrrole nitrogens is 1. The summed E-state index contributed by atoms with van der Waals surface area (Å²) in [5.74, 6) is -0.0825. The Morgan fingerprint density at radius 3 is 2.60 bits per heavy atom. The zero-order valence-corrected chi connectivity index (χ0v) is 9.84. The van der Waals surface area contributed by atoms with Crippen molar-refractivity contribution < 1.29 is 4.79 Å². The first kappa shape index (κ1) is 13.7. The number of carbonyl (C=O) groups excluding carboxylic acids is 1. The van der Waals surface area contributed by atoms with Gasteiger partial charge < -0.3 is 10.3 Å². The van der Waals surface area contributed by atoms with Crippen molar-refractivity contribution in [2.45, 2.75) is 40.0 Å². The minimum atomic E-state index is -0.0825. The van der Waals surface area contributed by atoms with Crippen molar-refractivity contribution in [1.82, 2.24) is 15.3 Å². The van der Waals surface area contributed by atoms with Crippen molar-refractivity contribution >= 4 is 5.91 Å². The fourth-order valence-corrected chi connectivity index (χ4v) is 0.854. The molecule has 0 saturated carbocycles.